The van der Waals surface area contributed by atoms with E-state index in [1.54, 1.807) is 7.05 Å². The molecule has 14 heavy (non-hydrogen) atoms. The third-order valence-electron chi connectivity index (χ3n) is 2.31. The summed E-state index contributed by atoms with van der Waals surface area (Å²) in [6.07, 6.45) is 2.19. The number of aromatic nitrogens is 2. The first-order valence-corrected chi connectivity index (χ1v) is 4.51. The van der Waals surface area contributed by atoms with Crippen LogP contribution >= 0.6 is 0 Å². The van der Waals surface area contributed by atoms with Crippen LogP contribution in [0.1, 0.15) is 24.9 Å². The molecule has 0 aliphatic carbocycles. The van der Waals surface area contributed by atoms with Crippen molar-refractivity contribution in [2.24, 2.45) is 19.8 Å². The van der Waals surface area contributed by atoms with E-state index in [0.29, 0.717) is 12.0 Å². The lowest BCUT2D eigenvalue weighted by Gasteiger charge is -2.11. The summed E-state index contributed by atoms with van der Waals surface area (Å²) in [5.74, 6) is 0. The summed E-state index contributed by atoms with van der Waals surface area (Å²) >= 11 is 0. The molecule has 0 aliphatic heterocycles. The van der Waals surface area contributed by atoms with E-state index in [1.807, 2.05) is 6.92 Å². The molecule has 0 fully saturated rings. The van der Waals surface area contributed by atoms with Gasteiger partial charge in [-0.1, -0.05) is 6.92 Å². The molecule has 5 nitrogen and oxygen atoms in total. The van der Waals surface area contributed by atoms with Gasteiger partial charge in [-0.3, -0.25) is 9.36 Å². The molecule has 0 spiro atoms. The van der Waals surface area contributed by atoms with Crippen molar-refractivity contribution < 1.29 is 0 Å². The van der Waals surface area contributed by atoms with Crippen LogP contribution in [0.4, 0.5) is 0 Å². The molecule has 1 heterocycles. The average molecular weight is 197 g/mol. The Labute approximate surface area is 81.8 Å². The van der Waals surface area contributed by atoms with Crippen molar-refractivity contribution in [3.8, 4) is 0 Å². The fourth-order valence-electron chi connectivity index (χ4n) is 1.31. The van der Waals surface area contributed by atoms with Crippen LogP contribution in [0.2, 0.25) is 0 Å². The van der Waals surface area contributed by atoms with Crippen molar-refractivity contribution in [1.29, 1.82) is 0 Å². The van der Waals surface area contributed by atoms with Gasteiger partial charge in [0.1, 0.15) is 0 Å². The molecule has 0 bridgehead atoms. The average Bonchev–Trinajstić information content (AvgIpc) is 2.19. The van der Waals surface area contributed by atoms with Gasteiger partial charge in [-0.05, 0) is 6.42 Å². The quantitative estimate of drug-likeness (QED) is 0.694. The second-order valence-electron chi connectivity index (χ2n) is 3.36. The number of nitrogens with two attached hydrogens (primary N) is 1. The molecule has 1 atom stereocenters. The summed E-state index contributed by atoms with van der Waals surface area (Å²) in [6.45, 7) is 1.90. The van der Waals surface area contributed by atoms with Crippen LogP contribution in [-0.2, 0) is 14.1 Å². The molecule has 1 rings (SSSR count). The fourth-order valence-corrected chi connectivity index (χ4v) is 1.31. The normalized spacial score (nSPS) is 12.9. The molecule has 5 heteroatoms. The maximum atomic E-state index is 11.6. The summed E-state index contributed by atoms with van der Waals surface area (Å²) in [4.78, 5) is 22.9. The van der Waals surface area contributed by atoms with Gasteiger partial charge in [0.2, 0.25) is 0 Å². The molecule has 0 aromatic carbocycles. The van der Waals surface area contributed by atoms with Gasteiger partial charge >= 0.3 is 5.69 Å². The van der Waals surface area contributed by atoms with Crippen molar-refractivity contribution in [2.75, 3.05) is 0 Å². The number of aryl methyl sites for hydroxylation is 1. The molecule has 2 N–H and O–H groups in total. The molecule has 1 aromatic heterocycles. The highest BCUT2D eigenvalue weighted by atomic mass is 16.2. The lowest BCUT2D eigenvalue weighted by Crippen LogP contribution is -2.40. The van der Waals surface area contributed by atoms with E-state index >= 15 is 0 Å². The molecule has 0 unspecified atom stereocenters. The summed E-state index contributed by atoms with van der Waals surface area (Å²) in [5, 5.41) is 0. The molecule has 1 aromatic rings. The van der Waals surface area contributed by atoms with E-state index in [4.69, 9.17) is 5.73 Å². The van der Waals surface area contributed by atoms with Gasteiger partial charge in [0, 0.05) is 26.3 Å². The highest BCUT2D eigenvalue weighted by Crippen LogP contribution is 2.06. The van der Waals surface area contributed by atoms with Crippen molar-refractivity contribution in [3.63, 3.8) is 0 Å². The van der Waals surface area contributed by atoms with Gasteiger partial charge in [0.15, 0.2) is 0 Å². The van der Waals surface area contributed by atoms with E-state index in [0.717, 1.165) is 4.57 Å². The summed E-state index contributed by atoms with van der Waals surface area (Å²) in [6, 6.07) is -0.305. The van der Waals surface area contributed by atoms with Gasteiger partial charge < -0.3 is 10.3 Å². The minimum absolute atomic E-state index is 0.303. The van der Waals surface area contributed by atoms with Crippen molar-refractivity contribution in [2.45, 2.75) is 19.4 Å². The number of rotatable bonds is 2. The van der Waals surface area contributed by atoms with Gasteiger partial charge in [-0.25, -0.2) is 4.79 Å². The number of hydrogen-bond acceptors (Lipinski definition) is 3. The number of hydrogen-bond donors (Lipinski definition) is 1. The lowest BCUT2D eigenvalue weighted by atomic mass is 10.1. The Morgan fingerprint density at radius 3 is 2.50 bits per heavy atom. The standard InChI is InChI=1S/C9H15N3O2/c1-4-7(10)6-5-11(2)9(14)12(3)8(6)13/h5,7H,4,10H2,1-3H3/t7-/m0/s1. The lowest BCUT2D eigenvalue weighted by molar-refractivity contribution is 0.617. The second kappa shape index (κ2) is 3.79. The topological polar surface area (TPSA) is 70.0 Å². The highest BCUT2D eigenvalue weighted by molar-refractivity contribution is 5.10. The zero-order valence-corrected chi connectivity index (χ0v) is 8.65. The van der Waals surface area contributed by atoms with Crippen LogP contribution in [0, 0.1) is 0 Å². The van der Waals surface area contributed by atoms with Crippen LogP contribution in [0.3, 0.4) is 0 Å². The largest absolute Gasteiger partial charge is 0.330 e. The van der Waals surface area contributed by atoms with E-state index in [9.17, 15) is 9.59 Å². The molecule has 0 saturated carbocycles. The Morgan fingerprint density at radius 2 is 2.00 bits per heavy atom. The molecular formula is C9H15N3O2. The Bertz CT molecular complexity index is 444. The zero-order chi connectivity index (χ0) is 10.9. The van der Waals surface area contributed by atoms with Crippen LogP contribution in [-0.4, -0.2) is 9.13 Å². The smallest absolute Gasteiger partial charge is 0.324 e. The van der Waals surface area contributed by atoms with Gasteiger partial charge in [0.05, 0.1) is 5.56 Å². The molecule has 0 aliphatic rings. The third kappa shape index (κ3) is 1.63. The first-order valence-electron chi connectivity index (χ1n) is 4.51. The zero-order valence-electron chi connectivity index (χ0n) is 8.65. The van der Waals surface area contributed by atoms with Crippen LogP contribution in [0.25, 0.3) is 0 Å². The van der Waals surface area contributed by atoms with Gasteiger partial charge in [-0.15, -0.1) is 0 Å². The maximum absolute atomic E-state index is 11.6. The highest BCUT2D eigenvalue weighted by Gasteiger charge is 2.11. The van der Waals surface area contributed by atoms with E-state index < -0.39 is 0 Å². The molecule has 0 saturated heterocycles. The van der Waals surface area contributed by atoms with Crippen LogP contribution in [0.5, 0.6) is 0 Å². The molecular weight excluding hydrogens is 182 g/mol. The van der Waals surface area contributed by atoms with E-state index in [2.05, 4.69) is 0 Å². The molecule has 0 radical (unpaired) electrons. The van der Waals surface area contributed by atoms with Crippen LogP contribution in [0.15, 0.2) is 15.8 Å². The van der Waals surface area contributed by atoms with Crippen molar-refractivity contribution in [3.05, 3.63) is 32.6 Å². The Kier molecular flexibility index (Phi) is 2.90. The minimum atomic E-state index is -0.331. The Morgan fingerprint density at radius 1 is 1.43 bits per heavy atom. The summed E-state index contributed by atoms with van der Waals surface area (Å²) in [5.41, 5.74) is 5.60. The Hall–Kier alpha value is -1.36. The van der Waals surface area contributed by atoms with E-state index in [1.165, 1.54) is 17.8 Å². The monoisotopic (exact) mass is 197 g/mol. The maximum Gasteiger partial charge on any atom is 0.330 e. The van der Waals surface area contributed by atoms with Crippen LogP contribution < -0.4 is 17.0 Å². The Balaban J connectivity index is 3.49. The summed E-state index contributed by atoms with van der Waals surface area (Å²) < 4.78 is 2.44. The third-order valence-corrected chi connectivity index (χ3v) is 2.31. The van der Waals surface area contributed by atoms with Gasteiger partial charge in [0.25, 0.3) is 5.56 Å². The van der Waals surface area contributed by atoms with Crippen molar-refractivity contribution >= 4 is 0 Å². The predicted molar refractivity (Wildman–Crippen MR) is 54.1 cm³/mol. The predicted octanol–water partition coefficient (Wildman–Crippen LogP) is -0.506. The first-order chi connectivity index (χ1) is 6.49. The SMILES string of the molecule is CC[C@H](N)c1cn(C)c(=O)n(C)c1=O. The van der Waals surface area contributed by atoms with Crippen molar-refractivity contribution in [1.82, 2.24) is 9.13 Å². The van der Waals surface area contributed by atoms with E-state index in [-0.39, 0.29) is 17.3 Å². The van der Waals surface area contributed by atoms with Gasteiger partial charge in [-0.2, -0.15) is 0 Å². The summed E-state index contributed by atoms with van der Waals surface area (Å²) in [7, 11) is 3.06. The number of nitrogens with zero attached hydrogens (tertiary/aromatic N) is 2. The fraction of sp³-hybridized carbons (Fsp3) is 0.556. The second-order valence-corrected chi connectivity index (χ2v) is 3.36. The molecule has 0 amide bonds. The molecule has 78 valence electrons. The first kappa shape index (κ1) is 10.7. The minimum Gasteiger partial charge on any atom is -0.324 e.